The van der Waals surface area contributed by atoms with Gasteiger partial charge in [0.2, 0.25) is 11.8 Å². The van der Waals surface area contributed by atoms with Crippen LogP contribution in [0.4, 0.5) is 0 Å². The SMILES string of the molecule is O=C(CN1C(=O)C2C3C=CC(C3)C2C1=O)OCc1cc2ccccc2o1. The van der Waals surface area contributed by atoms with Crippen LogP contribution in [0.1, 0.15) is 12.2 Å². The summed E-state index contributed by atoms with van der Waals surface area (Å²) in [5.41, 5.74) is 0.722. The molecule has 132 valence electrons. The smallest absolute Gasteiger partial charge is 0.326 e. The van der Waals surface area contributed by atoms with E-state index in [1.54, 1.807) is 0 Å². The van der Waals surface area contributed by atoms with Crippen LogP contribution in [0.25, 0.3) is 11.0 Å². The van der Waals surface area contributed by atoms with E-state index in [0.29, 0.717) is 5.76 Å². The van der Waals surface area contributed by atoms with Crippen LogP contribution in [0.2, 0.25) is 0 Å². The van der Waals surface area contributed by atoms with Crippen molar-refractivity contribution in [1.82, 2.24) is 4.90 Å². The molecule has 4 unspecified atom stereocenters. The third kappa shape index (κ3) is 2.21. The molecule has 26 heavy (non-hydrogen) atoms. The number of allylic oxidation sites excluding steroid dienone is 2. The number of carbonyl (C=O) groups excluding carboxylic acids is 3. The number of likely N-dealkylation sites (tertiary alicyclic amines) is 1. The van der Waals surface area contributed by atoms with E-state index in [0.717, 1.165) is 22.3 Å². The molecule has 2 bridgehead atoms. The topological polar surface area (TPSA) is 76.8 Å². The van der Waals surface area contributed by atoms with Crippen LogP contribution in [0.5, 0.6) is 0 Å². The predicted molar refractivity (Wildman–Crippen MR) is 90.4 cm³/mol. The van der Waals surface area contributed by atoms with Gasteiger partial charge in [-0.15, -0.1) is 0 Å². The second kappa shape index (κ2) is 5.56. The summed E-state index contributed by atoms with van der Waals surface area (Å²) in [5.74, 6) is -0.863. The first-order valence-electron chi connectivity index (χ1n) is 8.78. The summed E-state index contributed by atoms with van der Waals surface area (Å²) in [6.45, 7) is -0.353. The third-order valence-corrected chi connectivity index (χ3v) is 5.70. The van der Waals surface area contributed by atoms with E-state index >= 15 is 0 Å². The zero-order chi connectivity index (χ0) is 17.8. The maximum absolute atomic E-state index is 12.6. The largest absolute Gasteiger partial charge is 0.457 e. The minimum atomic E-state index is -0.604. The highest BCUT2D eigenvalue weighted by molar-refractivity contribution is 6.08. The van der Waals surface area contributed by atoms with Crippen molar-refractivity contribution >= 4 is 28.8 Å². The first-order valence-corrected chi connectivity index (χ1v) is 8.78. The van der Waals surface area contributed by atoms with Crippen molar-refractivity contribution in [2.45, 2.75) is 13.0 Å². The van der Waals surface area contributed by atoms with Crippen LogP contribution < -0.4 is 0 Å². The number of nitrogens with zero attached hydrogens (tertiary/aromatic N) is 1. The molecule has 6 nitrogen and oxygen atoms in total. The number of benzene rings is 1. The minimum Gasteiger partial charge on any atom is -0.457 e. The predicted octanol–water partition coefficient (Wildman–Crippen LogP) is 2.28. The number of hydrogen-bond donors (Lipinski definition) is 0. The molecule has 5 rings (SSSR count). The zero-order valence-electron chi connectivity index (χ0n) is 14.0. The van der Waals surface area contributed by atoms with Gasteiger partial charge in [0.1, 0.15) is 24.5 Å². The van der Waals surface area contributed by atoms with Crippen molar-refractivity contribution in [3.8, 4) is 0 Å². The van der Waals surface area contributed by atoms with Gasteiger partial charge in [-0.2, -0.15) is 0 Å². The lowest BCUT2D eigenvalue weighted by Crippen LogP contribution is -2.37. The molecule has 2 heterocycles. The number of para-hydroxylation sites is 1. The molecular weight excluding hydrogens is 334 g/mol. The van der Waals surface area contributed by atoms with E-state index in [1.165, 1.54) is 0 Å². The molecule has 0 N–H and O–H groups in total. The summed E-state index contributed by atoms with van der Waals surface area (Å²) in [6, 6.07) is 9.32. The molecule has 3 aliphatic rings. The highest BCUT2D eigenvalue weighted by Crippen LogP contribution is 2.52. The quantitative estimate of drug-likeness (QED) is 0.480. The molecule has 2 aliphatic carbocycles. The van der Waals surface area contributed by atoms with Crippen LogP contribution in [0.3, 0.4) is 0 Å². The lowest BCUT2D eigenvalue weighted by molar-refractivity contribution is -0.154. The van der Waals surface area contributed by atoms with Gasteiger partial charge in [-0.25, -0.2) is 0 Å². The molecule has 4 atom stereocenters. The van der Waals surface area contributed by atoms with Crippen LogP contribution in [-0.2, 0) is 25.7 Å². The number of imide groups is 1. The van der Waals surface area contributed by atoms with Gasteiger partial charge < -0.3 is 9.15 Å². The summed E-state index contributed by atoms with van der Waals surface area (Å²) < 4.78 is 10.8. The molecule has 1 aromatic carbocycles. The molecule has 6 heteroatoms. The van der Waals surface area contributed by atoms with Gasteiger partial charge >= 0.3 is 5.97 Å². The molecule has 2 aromatic rings. The fourth-order valence-corrected chi connectivity index (χ4v) is 4.55. The molecule has 0 radical (unpaired) electrons. The summed E-state index contributed by atoms with van der Waals surface area (Å²) >= 11 is 0. The Balaban J connectivity index is 1.23. The Morgan fingerprint density at radius 1 is 1.12 bits per heavy atom. The van der Waals surface area contributed by atoms with Gasteiger partial charge in [0, 0.05) is 5.39 Å². The van der Waals surface area contributed by atoms with E-state index in [1.807, 2.05) is 42.5 Å². The monoisotopic (exact) mass is 351 g/mol. The molecule has 0 spiro atoms. The van der Waals surface area contributed by atoms with Crippen molar-refractivity contribution in [3.05, 3.63) is 48.2 Å². The minimum absolute atomic E-state index is 0.0244. The average Bonchev–Trinajstić information content (AvgIpc) is 3.39. The number of ether oxygens (including phenoxy) is 1. The number of carbonyl (C=O) groups is 3. The summed E-state index contributed by atoms with van der Waals surface area (Å²) in [5, 5.41) is 0.930. The standard InChI is InChI=1S/C20H17NO5/c22-16(25-10-14-8-11-3-1-2-4-15(11)26-14)9-21-19(23)17-12-5-6-13(7-12)18(17)20(21)24/h1-6,8,12-13,17-18H,7,9-10H2. The molecule has 2 amide bonds. The first-order chi connectivity index (χ1) is 12.6. The average molecular weight is 351 g/mol. The Labute approximate surface area is 149 Å². The van der Waals surface area contributed by atoms with Gasteiger partial charge in [0.25, 0.3) is 0 Å². The Morgan fingerprint density at radius 3 is 2.50 bits per heavy atom. The molecule has 1 aliphatic heterocycles. The molecule has 1 saturated carbocycles. The Morgan fingerprint density at radius 2 is 1.81 bits per heavy atom. The van der Waals surface area contributed by atoms with Crippen molar-refractivity contribution in [3.63, 3.8) is 0 Å². The fourth-order valence-electron chi connectivity index (χ4n) is 4.55. The number of fused-ring (bicyclic) bond motifs is 6. The van der Waals surface area contributed by atoms with Crippen LogP contribution in [0.15, 0.2) is 46.9 Å². The fraction of sp³-hybridized carbons (Fsp3) is 0.350. The van der Waals surface area contributed by atoms with Crippen molar-refractivity contribution < 1.29 is 23.5 Å². The van der Waals surface area contributed by atoms with Crippen molar-refractivity contribution in [2.75, 3.05) is 6.54 Å². The van der Waals surface area contributed by atoms with Crippen LogP contribution >= 0.6 is 0 Å². The summed E-state index contributed by atoms with van der Waals surface area (Å²) in [4.78, 5) is 38.3. The van der Waals surface area contributed by atoms with Gasteiger partial charge in [-0.3, -0.25) is 19.3 Å². The lowest BCUT2D eigenvalue weighted by atomic mass is 9.85. The van der Waals surface area contributed by atoms with E-state index in [-0.39, 0.29) is 48.6 Å². The molecule has 1 aromatic heterocycles. The summed E-state index contributed by atoms with van der Waals surface area (Å²) in [7, 11) is 0. The zero-order valence-corrected chi connectivity index (χ0v) is 14.0. The van der Waals surface area contributed by atoms with Gasteiger partial charge in [-0.1, -0.05) is 30.4 Å². The lowest BCUT2D eigenvalue weighted by Gasteiger charge is -2.16. The number of esters is 1. The number of amides is 2. The van der Waals surface area contributed by atoms with Crippen molar-refractivity contribution in [1.29, 1.82) is 0 Å². The third-order valence-electron chi connectivity index (χ3n) is 5.70. The first kappa shape index (κ1) is 15.4. The number of hydrogen-bond acceptors (Lipinski definition) is 5. The highest BCUT2D eigenvalue weighted by Gasteiger charge is 2.59. The Hall–Kier alpha value is -2.89. The second-order valence-electron chi connectivity index (χ2n) is 7.17. The molecular formula is C20H17NO5. The summed E-state index contributed by atoms with van der Waals surface area (Å²) in [6.07, 6.45) is 4.93. The van der Waals surface area contributed by atoms with E-state index in [4.69, 9.17) is 9.15 Å². The number of furan rings is 1. The Bertz CT molecular complexity index is 895. The molecule has 1 saturated heterocycles. The molecule has 2 fully saturated rings. The van der Waals surface area contributed by atoms with Gasteiger partial charge in [0.15, 0.2) is 0 Å². The van der Waals surface area contributed by atoms with Gasteiger partial charge in [0.05, 0.1) is 11.8 Å². The number of rotatable bonds is 4. The second-order valence-corrected chi connectivity index (χ2v) is 7.17. The maximum Gasteiger partial charge on any atom is 0.326 e. The Kier molecular flexibility index (Phi) is 3.29. The normalized spacial score (nSPS) is 29.0. The van der Waals surface area contributed by atoms with E-state index in [9.17, 15) is 14.4 Å². The highest BCUT2D eigenvalue weighted by atomic mass is 16.5. The van der Waals surface area contributed by atoms with E-state index < -0.39 is 5.97 Å². The van der Waals surface area contributed by atoms with Gasteiger partial charge in [-0.05, 0) is 30.4 Å². The van der Waals surface area contributed by atoms with Crippen molar-refractivity contribution in [2.24, 2.45) is 23.7 Å². The van der Waals surface area contributed by atoms with Crippen LogP contribution in [-0.4, -0.2) is 29.2 Å². The van der Waals surface area contributed by atoms with E-state index in [2.05, 4.69) is 0 Å². The van der Waals surface area contributed by atoms with Crippen LogP contribution in [0, 0.1) is 23.7 Å². The maximum atomic E-state index is 12.6.